The minimum Gasteiger partial charge on any atom is -0.310 e. The van der Waals surface area contributed by atoms with Crippen LogP contribution in [0.1, 0.15) is 40.7 Å². The van der Waals surface area contributed by atoms with Crippen LogP contribution in [0.3, 0.4) is 0 Å². The number of benzene rings is 1. The van der Waals surface area contributed by atoms with Crippen molar-refractivity contribution in [3.05, 3.63) is 62.3 Å². The lowest BCUT2D eigenvalue weighted by molar-refractivity contribution is 0.867. The van der Waals surface area contributed by atoms with E-state index in [0.717, 1.165) is 23.5 Å². The summed E-state index contributed by atoms with van der Waals surface area (Å²) in [7, 11) is 0. The van der Waals surface area contributed by atoms with Gasteiger partial charge in [0.05, 0.1) is 5.69 Å². The zero-order chi connectivity index (χ0) is 14.0. The number of nitrogens with zero attached hydrogens (tertiary/aromatic N) is 1. The SMILES string of the molecule is CCc1nc(Cc2ccc(C)c(C)c2)[nH]c(=O)c1C. The van der Waals surface area contributed by atoms with Gasteiger partial charge >= 0.3 is 0 Å². The van der Waals surface area contributed by atoms with E-state index in [-0.39, 0.29) is 5.56 Å². The first-order valence-electron chi connectivity index (χ1n) is 6.66. The molecule has 100 valence electrons. The van der Waals surface area contributed by atoms with Gasteiger partial charge in [0.25, 0.3) is 5.56 Å². The van der Waals surface area contributed by atoms with E-state index in [9.17, 15) is 4.79 Å². The van der Waals surface area contributed by atoms with Crippen molar-refractivity contribution in [3.8, 4) is 0 Å². The molecule has 0 aliphatic heterocycles. The van der Waals surface area contributed by atoms with Crippen molar-refractivity contribution >= 4 is 0 Å². The Bertz CT molecular complexity index is 656. The lowest BCUT2D eigenvalue weighted by Crippen LogP contribution is -2.17. The van der Waals surface area contributed by atoms with Gasteiger partial charge in [-0.15, -0.1) is 0 Å². The van der Waals surface area contributed by atoms with Crippen molar-refractivity contribution in [2.75, 3.05) is 0 Å². The lowest BCUT2D eigenvalue weighted by Gasteiger charge is -2.07. The van der Waals surface area contributed by atoms with E-state index in [2.05, 4.69) is 42.0 Å². The molecular weight excluding hydrogens is 236 g/mol. The molecule has 1 aromatic heterocycles. The van der Waals surface area contributed by atoms with Gasteiger partial charge in [-0.25, -0.2) is 4.98 Å². The van der Waals surface area contributed by atoms with Crippen LogP contribution in [0.5, 0.6) is 0 Å². The molecule has 0 aliphatic carbocycles. The number of nitrogens with one attached hydrogen (secondary N) is 1. The molecule has 0 unspecified atom stereocenters. The Labute approximate surface area is 113 Å². The molecule has 0 spiro atoms. The number of rotatable bonds is 3. The lowest BCUT2D eigenvalue weighted by atomic mass is 10.0. The highest BCUT2D eigenvalue weighted by Crippen LogP contribution is 2.12. The van der Waals surface area contributed by atoms with Crippen LogP contribution in [-0.4, -0.2) is 9.97 Å². The molecule has 19 heavy (non-hydrogen) atoms. The molecule has 0 radical (unpaired) electrons. The standard InChI is InChI=1S/C16H20N2O/c1-5-14-12(4)16(19)18-15(17-14)9-13-7-6-10(2)11(3)8-13/h6-8H,5,9H2,1-4H3,(H,17,18,19). The molecule has 0 atom stereocenters. The van der Waals surface area contributed by atoms with Gasteiger partial charge in [-0.2, -0.15) is 0 Å². The molecule has 0 saturated heterocycles. The minimum atomic E-state index is -0.0225. The second kappa shape index (κ2) is 5.39. The van der Waals surface area contributed by atoms with Crippen LogP contribution < -0.4 is 5.56 Å². The zero-order valence-corrected chi connectivity index (χ0v) is 12.0. The predicted octanol–water partition coefficient (Wildman–Crippen LogP) is 2.85. The third kappa shape index (κ3) is 2.92. The second-order valence-electron chi connectivity index (χ2n) is 5.03. The first-order valence-corrected chi connectivity index (χ1v) is 6.66. The van der Waals surface area contributed by atoms with E-state index < -0.39 is 0 Å². The number of H-pyrrole nitrogens is 1. The third-order valence-electron chi connectivity index (χ3n) is 3.58. The fraction of sp³-hybridized carbons (Fsp3) is 0.375. The van der Waals surface area contributed by atoms with Crippen molar-refractivity contribution in [2.24, 2.45) is 0 Å². The van der Waals surface area contributed by atoms with E-state index in [4.69, 9.17) is 0 Å². The van der Waals surface area contributed by atoms with Gasteiger partial charge in [-0.3, -0.25) is 4.79 Å². The molecule has 1 heterocycles. The summed E-state index contributed by atoms with van der Waals surface area (Å²) in [4.78, 5) is 19.2. The topological polar surface area (TPSA) is 45.8 Å². The quantitative estimate of drug-likeness (QED) is 0.917. The molecule has 0 amide bonds. The molecule has 0 fully saturated rings. The monoisotopic (exact) mass is 256 g/mol. The average Bonchev–Trinajstić information content (AvgIpc) is 2.38. The summed E-state index contributed by atoms with van der Waals surface area (Å²) < 4.78 is 0. The van der Waals surface area contributed by atoms with Crippen LogP contribution >= 0.6 is 0 Å². The first-order chi connectivity index (χ1) is 9.01. The zero-order valence-electron chi connectivity index (χ0n) is 12.0. The van der Waals surface area contributed by atoms with Crippen LogP contribution in [-0.2, 0) is 12.8 Å². The predicted molar refractivity (Wildman–Crippen MR) is 77.7 cm³/mol. The summed E-state index contributed by atoms with van der Waals surface area (Å²) >= 11 is 0. The number of hydrogen-bond acceptors (Lipinski definition) is 2. The van der Waals surface area contributed by atoms with Crippen LogP contribution in [0.15, 0.2) is 23.0 Å². The van der Waals surface area contributed by atoms with Crippen LogP contribution in [0, 0.1) is 20.8 Å². The molecule has 0 aliphatic rings. The van der Waals surface area contributed by atoms with Crippen LogP contribution in [0.25, 0.3) is 0 Å². The van der Waals surface area contributed by atoms with Crippen LogP contribution in [0.4, 0.5) is 0 Å². The van der Waals surface area contributed by atoms with Crippen molar-refractivity contribution in [2.45, 2.75) is 40.5 Å². The Hall–Kier alpha value is -1.90. The second-order valence-corrected chi connectivity index (χ2v) is 5.03. The van der Waals surface area contributed by atoms with Crippen molar-refractivity contribution in [3.63, 3.8) is 0 Å². The Morgan fingerprint density at radius 2 is 1.89 bits per heavy atom. The fourth-order valence-electron chi connectivity index (χ4n) is 2.17. The van der Waals surface area contributed by atoms with E-state index in [1.54, 1.807) is 0 Å². The molecule has 0 saturated carbocycles. The van der Waals surface area contributed by atoms with E-state index in [1.165, 1.54) is 16.7 Å². The van der Waals surface area contributed by atoms with Gasteiger partial charge in [0.15, 0.2) is 0 Å². The van der Waals surface area contributed by atoms with Gasteiger partial charge in [-0.05, 0) is 43.9 Å². The maximum Gasteiger partial charge on any atom is 0.254 e. The van der Waals surface area contributed by atoms with E-state index in [1.807, 2.05) is 13.8 Å². The Kier molecular flexibility index (Phi) is 3.84. The molecule has 1 N–H and O–H groups in total. The Morgan fingerprint density at radius 3 is 2.53 bits per heavy atom. The van der Waals surface area contributed by atoms with Gasteiger partial charge in [0.1, 0.15) is 5.82 Å². The van der Waals surface area contributed by atoms with Crippen molar-refractivity contribution in [1.29, 1.82) is 0 Å². The molecule has 3 heteroatoms. The van der Waals surface area contributed by atoms with Gasteiger partial charge in [0, 0.05) is 12.0 Å². The van der Waals surface area contributed by atoms with E-state index >= 15 is 0 Å². The Balaban J connectivity index is 2.35. The normalized spacial score (nSPS) is 10.7. The molecule has 2 rings (SSSR count). The summed E-state index contributed by atoms with van der Waals surface area (Å²) in [6, 6.07) is 6.35. The highest BCUT2D eigenvalue weighted by molar-refractivity contribution is 5.31. The maximum atomic E-state index is 11.8. The highest BCUT2D eigenvalue weighted by atomic mass is 16.1. The number of hydrogen-bond donors (Lipinski definition) is 1. The number of aryl methyl sites for hydroxylation is 3. The van der Waals surface area contributed by atoms with Gasteiger partial charge in [0.2, 0.25) is 0 Å². The molecule has 3 nitrogen and oxygen atoms in total. The summed E-state index contributed by atoms with van der Waals surface area (Å²) in [6.07, 6.45) is 1.46. The van der Waals surface area contributed by atoms with Crippen molar-refractivity contribution < 1.29 is 0 Å². The molecular formula is C16H20N2O. The summed E-state index contributed by atoms with van der Waals surface area (Å²) in [6.45, 7) is 8.04. The summed E-state index contributed by atoms with van der Waals surface area (Å²) in [5.74, 6) is 0.746. The fourth-order valence-corrected chi connectivity index (χ4v) is 2.17. The third-order valence-corrected chi connectivity index (χ3v) is 3.58. The molecule has 2 aromatic rings. The minimum absolute atomic E-state index is 0.0225. The first kappa shape index (κ1) is 13.5. The molecule has 0 bridgehead atoms. The van der Waals surface area contributed by atoms with Gasteiger partial charge < -0.3 is 4.98 Å². The Morgan fingerprint density at radius 1 is 1.16 bits per heavy atom. The summed E-state index contributed by atoms with van der Waals surface area (Å²) in [5, 5.41) is 0. The average molecular weight is 256 g/mol. The van der Waals surface area contributed by atoms with Gasteiger partial charge in [-0.1, -0.05) is 25.1 Å². The smallest absolute Gasteiger partial charge is 0.254 e. The highest BCUT2D eigenvalue weighted by Gasteiger charge is 2.07. The number of aromatic amines is 1. The summed E-state index contributed by atoms with van der Waals surface area (Å²) in [5.41, 5.74) is 5.32. The number of aromatic nitrogens is 2. The largest absolute Gasteiger partial charge is 0.310 e. The van der Waals surface area contributed by atoms with Crippen molar-refractivity contribution in [1.82, 2.24) is 9.97 Å². The van der Waals surface area contributed by atoms with E-state index in [0.29, 0.717) is 6.42 Å². The maximum absolute atomic E-state index is 11.8. The van der Waals surface area contributed by atoms with Crippen LogP contribution in [0.2, 0.25) is 0 Å². The molecule has 1 aromatic carbocycles.